The highest BCUT2D eigenvalue weighted by atomic mass is 32.2. The van der Waals surface area contributed by atoms with Crippen molar-refractivity contribution in [1.82, 2.24) is 5.32 Å². The van der Waals surface area contributed by atoms with Gasteiger partial charge < -0.3 is 5.32 Å². The summed E-state index contributed by atoms with van der Waals surface area (Å²) in [7, 11) is 2.02. The maximum absolute atomic E-state index is 3.26. The molecule has 84 valence electrons. The lowest BCUT2D eigenvalue weighted by Gasteiger charge is -2.09. The summed E-state index contributed by atoms with van der Waals surface area (Å²) < 4.78 is 0. The fourth-order valence-electron chi connectivity index (χ4n) is 1.30. The molecule has 0 aliphatic rings. The van der Waals surface area contributed by atoms with Gasteiger partial charge in [-0.3, -0.25) is 0 Å². The van der Waals surface area contributed by atoms with Crippen LogP contribution in [-0.4, -0.2) is 18.8 Å². The van der Waals surface area contributed by atoms with Crippen molar-refractivity contribution in [2.75, 3.05) is 12.8 Å². The summed E-state index contributed by atoms with van der Waals surface area (Å²) in [5.74, 6) is 1.19. The fraction of sp³-hybridized carbons (Fsp3) is 0.538. The van der Waals surface area contributed by atoms with Gasteiger partial charge in [0.15, 0.2) is 0 Å². The zero-order chi connectivity index (χ0) is 11.3. The molecule has 0 radical (unpaired) electrons. The van der Waals surface area contributed by atoms with Crippen molar-refractivity contribution in [2.45, 2.75) is 38.1 Å². The quantitative estimate of drug-likeness (QED) is 0.768. The van der Waals surface area contributed by atoms with Crippen LogP contribution in [0.1, 0.15) is 24.5 Å². The molecule has 1 aromatic carbocycles. The van der Waals surface area contributed by atoms with Crippen LogP contribution >= 0.6 is 11.8 Å². The van der Waals surface area contributed by atoms with E-state index in [0.717, 1.165) is 0 Å². The lowest BCUT2D eigenvalue weighted by molar-refractivity contribution is 0.598. The fourth-order valence-corrected chi connectivity index (χ4v) is 2.43. The molecule has 1 N–H and O–H groups in total. The van der Waals surface area contributed by atoms with Crippen LogP contribution in [0.15, 0.2) is 23.1 Å². The Bertz CT molecular complexity index is 309. The highest BCUT2D eigenvalue weighted by Gasteiger charge is 2.00. The number of nitrogens with one attached hydrogen (secondary N) is 1. The zero-order valence-electron chi connectivity index (χ0n) is 10.1. The Morgan fingerprint density at radius 2 is 2.00 bits per heavy atom. The first kappa shape index (κ1) is 12.6. The van der Waals surface area contributed by atoms with E-state index in [1.807, 2.05) is 18.8 Å². The first-order chi connectivity index (χ1) is 7.13. The van der Waals surface area contributed by atoms with Crippen LogP contribution in [0.3, 0.4) is 0 Å². The highest BCUT2D eigenvalue weighted by molar-refractivity contribution is 7.99. The van der Waals surface area contributed by atoms with Crippen LogP contribution in [0.4, 0.5) is 0 Å². The Morgan fingerprint density at radius 3 is 2.60 bits per heavy atom. The van der Waals surface area contributed by atoms with Crippen molar-refractivity contribution in [3.05, 3.63) is 29.3 Å². The second-order valence-electron chi connectivity index (χ2n) is 4.07. The smallest absolute Gasteiger partial charge is 0.00747 e. The van der Waals surface area contributed by atoms with Gasteiger partial charge in [-0.1, -0.05) is 6.07 Å². The van der Waals surface area contributed by atoms with Gasteiger partial charge in [0, 0.05) is 10.9 Å². The number of hydrogen-bond acceptors (Lipinski definition) is 2. The molecule has 1 atom stereocenters. The van der Waals surface area contributed by atoms with Crippen molar-refractivity contribution >= 4 is 11.8 Å². The topological polar surface area (TPSA) is 12.0 Å². The van der Waals surface area contributed by atoms with Gasteiger partial charge >= 0.3 is 0 Å². The van der Waals surface area contributed by atoms with E-state index in [4.69, 9.17) is 0 Å². The molecule has 15 heavy (non-hydrogen) atoms. The molecule has 0 bridgehead atoms. The van der Waals surface area contributed by atoms with E-state index in [1.54, 1.807) is 0 Å². The first-order valence-electron chi connectivity index (χ1n) is 5.51. The van der Waals surface area contributed by atoms with Crippen LogP contribution in [0.2, 0.25) is 0 Å². The van der Waals surface area contributed by atoms with Gasteiger partial charge in [0.2, 0.25) is 0 Å². The maximum atomic E-state index is 3.26. The van der Waals surface area contributed by atoms with E-state index in [0.29, 0.717) is 6.04 Å². The lowest BCUT2D eigenvalue weighted by atomic mass is 10.1. The van der Waals surface area contributed by atoms with Crippen LogP contribution in [0.5, 0.6) is 0 Å². The van der Waals surface area contributed by atoms with Crippen molar-refractivity contribution < 1.29 is 0 Å². The van der Waals surface area contributed by atoms with Gasteiger partial charge in [0.05, 0.1) is 0 Å². The Morgan fingerprint density at radius 1 is 1.27 bits per heavy atom. The molecule has 0 fully saturated rings. The van der Waals surface area contributed by atoms with E-state index < -0.39 is 0 Å². The third-order valence-corrected chi connectivity index (χ3v) is 3.82. The van der Waals surface area contributed by atoms with Gasteiger partial charge in [-0.05, 0) is 63.3 Å². The summed E-state index contributed by atoms with van der Waals surface area (Å²) in [5.41, 5.74) is 2.77. The van der Waals surface area contributed by atoms with Gasteiger partial charge in [-0.2, -0.15) is 0 Å². The average Bonchev–Trinajstić information content (AvgIpc) is 2.23. The molecule has 0 aliphatic carbocycles. The van der Waals surface area contributed by atoms with Gasteiger partial charge in [0.25, 0.3) is 0 Å². The van der Waals surface area contributed by atoms with E-state index >= 15 is 0 Å². The van der Waals surface area contributed by atoms with Crippen LogP contribution in [0, 0.1) is 13.8 Å². The first-order valence-corrected chi connectivity index (χ1v) is 6.49. The summed E-state index contributed by atoms with van der Waals surface area (Å²) in [6.45, 7) is 6.56. The van der Waals surface area contributed by atoms with Crippen molar-refractivity contribution in [1.29, 1.82) is 0 Å². The number of aryl methyl sites for hydroxylation is 2. The Kier molecular flexibility index (Phi) is 5.20. The Hall–Kier alpha value is -0.470. The molecule has 0 spiro atoms. The largest absolute Gasteiger partial charge is 0.317 e. The molecule has 1 nitrogen and oxygen atoms in total. The molecule has 0 heterocycles. The van der Waals surface area contributed by atoms with Gasteiger partial charge in [0.1, 0.15) is 0 Å². The number of benzene rings is 1. The second kappa shape index (κ2) is 6.19. The van der Waals surface area contributed by atoms with Crippen molar-refractivity contribution in [3.63, 3.8) is 0 Å². The molecule has 0 amide bonds. The minimum Gasteiger partial charge on any atom is -0.317 e. The normalized spacial score (nSPS) is 12.8. The highest BCUT2D eigenvalue weighted by Crippen LogP contribution is 2.21. The van der Waals surface area contributed by atoms with Crippen molar-refractivity contribution in [2.24, 2.45) is 0 Å². The van der Waals surface area contributed by atoms with E-state index in [1.165, 1.54) is 28.2 Å². The van der Waals surface area contributed by atoms with E-state index in [2.05, 4.69) is 44.3 Å². The molecule has 0 saturated heterocycles. The molecular formula is C13H21NS. The predicted molar refractivity (Wildman–Crippen MR) is 69.8 cm³/mol. The second-order valence-corrected chi connectivity index (χ2v) is 5.24. The summed E-state index contributed by atoms with van der Waals surface area (Å²) in [6, 6.07) is 7.32. The molecule has 1 rings (SSSR count). The van der Waals surface area contributed by atoms with Crippen molar-refractivity contribution in [3.8, 4) is 0 Å². The summed E-state index contributed by atoms with van der Waals surface area (Å²) in [4.78, 5) is 1.39. The number of thioether (sulfide) groups is 1. The van der Waals surface area contributed by atoms with Crippen LogP contribution < -0.4 is 5.32 Å². The zero-order valence-corrected chi connectivity index (χ0v) is 10.9. The predicted octanol–water partition coefficient (Wildman–Crippen LogP) is 3.39. The van der Waals surface area contributed by atoms with Gasteiger partial charge in [-0.15, -0.1) is 11.8 Å². The molecule has 0 aliphatic heterocycles. The Balaban J connectivity index is 2.41. The average molecular weight is 223 g/mol. The maximum Gasteiger partial charge on any atom is 0.00747 e. The van der Waals surface area contributed by atoms with E-state index in [-0.39, 0.29) is 0 Å². The molecule has 1 aromatic rings. The molecule has 0 saturated carbocycles. The molecule has 0 aromatic heterocycles. The monoisotopic (exact) mass is 223 g/mol. The minimum atomic E-state index is 0.615. The van der Waals surface area contributed by atoms with E-state index in [9.17, 15) is 0 Å². The third kappa shape index (κ3) is 4.27. The lowest BCUT2D eigenvalue weighted by Crippen LogP contribution is -2.21. The summed E-state index contributed by atoms with van der Waals surface area (Å²) in [5, 5.41) is 3.26. The summed E-state index contributed by atoms with van der Waals surface area (Å²) in [6.07, 6.45) is 1.22. The number of hydrogen-bond donors (Lipinski definition) is 1. The SMILES string of the molecule is CNC(C)CCSc1ccc(C)c(C)c1. The third-order valence-electron chi connectivity index (χ3n) is 2.79. The molecule has 2 heteroatoms. The summed E-state index contributed by atoms with van der Waals surface area (Å²) >= 11 is 1.95. The Labute approximate surface area is 97.7 Å². The van der Waals surface area contributed by atoms with Gasteiger partial charge in [-0.25, -0.2) is 0 Å². The van der Waals surface area contributed by atoms with Crippen LogP contribution in [0.25, 0.3) is 0 Å². The van der Waals surface area contributed by atoms with Crippen LogP contribution in [-0.2, 0) is 0 Å². The standard InChI is InChI=1S/C13H21NS/c1-10-5-6-13(9-11(10)2)15-8-7-12(3)14-4/h5-6,9,12,14H,7-8H2,1-4H3. The molecule has 1 unspecified atom stereocenters. The number of rotatable bonds is 5. The molecular weight excluding hydrogens is 202 g/mol. The minimum absolute atomic E-state index is 0.615.